The highest BCUT2D eigenvalue weighted by Crippen LogP contribution is 2.32. The Kier molecular flexibility index (Phi) is 6.24. The topological polar surface area (TPSA) is 62.6 Å². The van der Waals surface area contributed by atoms with Gasteiger partial charge < -0.3 is 14.4 Å². The van der Waals surface area contributed by atoms with Gasteiger partial charge in [-0.15, -0.1) is 0 Å². The number of alkyl halides is 3. The molecule has 1 aliphatic heterocycles. The second-order valence-electron chi connectivity index (χ2n) is 7.54. The maximum atomic E-state index is 12.7. The molecule has 0 saturated carbocycles. The first-order valence-corrected chi connectivity index (χ1v) is 8.71. The molecule has 148 valence electrons. The number of halogens is 3. The predicted octanol–water partition coefficient (Wildman–Crippen LogP) is 4.60. The van der Waals surface area contributed by atoms with E-state index in [1.807, 2.05) is 20.8 Å². The minimum Gasteiger partial charge on any atom is -0.492 e. The molecule has 5 nitrogen and oxygen atoms in total. The second kappa shape index (κ2) is 8.07. The van der Waals surface area contributed by atoms with Crippen LogP contribution in [0.5, 0.6) is 5.75 Å². The molecule has 0 radical (unpaired) electrons. The fraction of sp³-hybridized carbons (Fsp3) is 0.579. The summed E-state index contributed by atoms with van der Waals surface area (Å²) in [4.78, 5) is 13.7. The van der Waals surface area contributed by atoms with Gasteiger partial charge in [0, 0.05) is 13.1 Å². The van der Waals surface area contributed by atoms with Crippen LogP contribution in [0.2, 0.25) is 0 Å². The van der Waals surface area contributed by atoms with Crippen LogP contribution in [0.3, 0.4) is 0 Å². The summed E-state index contributed by atoms with van der Waals surface area (Å²) in [7, 11) is 0. The molecule has 0 unspecified atom stereocenters. The fourth-order valence-electron chi connectivity index (χ4n) is 2.74. The predicted molar refractivity (Wildman–Crippen MR) is 92.2 cm³/mol. The lowest BCUT2D eigenvalue weighted by Gasteiger charge is -2.33. The number of benzene rings is 1. The third kappa shape index (κ3) is 6.05. The molecule has 0 N–H and O–H groups in total. The Balaban J connectivity index is 1.88. The first kappa shape index (κ1) is 20.9. The van der Waals surface area contributed by atoms with Crippen LogP contribution in [-0.2, 0) is 10.9 Å². The van der Waals surface area contributed by atoms with E-state index in [0.29, 0.717) is 25.9 Å². The van der Waals surface area contributed by atoms with Gasteiger partial charge in [-0.05, 0) is 57.7 Å². The van der Waals surface area contributed by atoms with Gasteiger partial charge in [-0.2, -0.15) is 18.4 Å². The van der Waals surface area contributed by atoms with Gasteiger partial charge in [0.25, 0.3) is 0 Å². The van der Waals surface area contributed by atoms with Crippen molar-refractivity contribution in [3.05, 3.63) is 29.3 Å². The van der Waals surface area contributed by atoms with E-state index in [0.717, 1.165) is 12.1 Å². The number of likely N-dealkylation sites (tertiary alicyclic amines) is 1. The average Bonchev–Trinajstić information content (AvgIpc) is 2.58. The van der Waals surface area contributed by atoms with Gasteiger partial charge in [-0.3, -0.25) is 0 Å². The third-order valence-corrected chi connectivity index (χ3v) is 4.17. The van der Waals surface area contributed by atoms with Crippen LogP contribution in [0, 0.1) is 17.2 Å². The average molecular weight is 384 g/mol. The van der Waals surface area contributed by atoms with Crippen molar-refractivity contribution in [3.63, 3.8) is 0 Å². The summed E-state index contributed by atoms with van der Waals surface area (Å²) in [5, 5.41) is 9.08. The number of hydrogen-bond donors (Lipinski definition) is 0. The van der Waals surface area contributed by atoms with Gasteiger partial charge >= 0.3 is 12.3 Å². The molecule has 1 aliphatic rings. The van der Waals surface area contributed by atoms with Gasteiger partial charge in [0.2, 0.25) is 0 Å². The molecule has 0 atom stereocenters. The molecular formula is C19H23F3N2O3. The van der Waals surface area contributed by atoms with Gasteiger partial charge in [0.15, 0.2) is 0 Å². The molecule has 0 spiro atoms. The lowest BCUT2D eigenvalue weighted by atomic mass is 9.98. The molecule has 8 heteroatoms. The van der Waals surface area contributed by atoms with E-state index in [9.17, 15) is 18.0 Å². The SMILES string of the molecule is CC(C)(C)OC(=O)N1CCC(COc2ccc(C(F)(F)F)cc2C#N)CC1. The highest BCUT2D eigenvalue weighted by atomic mass is 19.4. The number of rotatable bonds is 3. The van der Waals surface area contributed by atoms with Crippen molar-refractivity contribution < 1.29 is 27.4 Å². The molecule has 0 bridgehead atoms. The van der Waals surface area contributed by atoms with Crippen molar-refractivity contribution in [2.24, 2.45) is 5.92 Å². The number of piperidine rings is 1. The van der Waals surface area contributed by atoms with Crippen LogP contribution < -0.4 is 4.74 Å². The van der Waals surface area contributed by atoms with E-state index in [-0.39, 0.29) is 29.9 Å². The van der Waals surface area contributed by atoms with E-state index in [1.54, 1.807) is 11.0 Å². The van der Waals surface area contributed by atoms with Crippen LogP contribution in [0.4, 0.5) is 18.0 Å². The number of ether oxygens (including phenoxy) is 2. The molecule has 1 saturated heterocycles. The number of carbonyl (C=O) groups excluding carboxylic acids is 1. The van der Waals surface area contributed by atoms with E-state index >= 15 is 0 Å². The van der Waals surface area contributed by atoms with Crippen molar-refractivity contribution in [3.8, 4) is 11.8 Å². The van der Waals surface area contributed by atoms with E-state index in [1.165, 1.54) is 6.07 Å². The zero-order chi connectivity index (χ0) is 20.2. The Morgan fingerprint density at radius 3 is 2.41 bits per heavy atom. The minimum absolute atomic E-state index is 0.139. The maximum Gasteiger partial charge on any atom is 0.416 e. The zero-order valence-corrected chi connectivity index (χ0v) is 15.6. The molecule has 0 aliphatic carbocycles. The number of hydrogen-bond acceptors (Lipinski definition) is 4. The summed E-state index contributed by atoms with van der Waals surface area (Å²) in [6.07, 6.45) is -3.46. The molecule has 1 aromatic carbocycles. The first-order chi connectivity index (χ1) is 12.5. The largest absolute Gasteiger partial charge is 0.492 e. The minimum atomic E-state index is -4.50. The Morgan fingerprint density at radius 2 is 1.89 bits per heavy atom. The second-order valence-corrected chi connectivity index (χ2v) is 7.54. The van der Waals surface area contributed by atoms with Gasteiger partial charge in [0.1, 0.15) is 17.4 Å². The van der Waals surface area contributed by atoms with Crippen molar-refractivity contribution >= 4 is 6.09 Å². The summed E-state index contributed by atoms with van der Waals surface area (Å²) in [6, 6.07) is 4.62. The Hall–Kier alpha value is -2.43. The summed E-state index contributed by atoms with van der Waals surface area (Å²) < 4.78 is 49.1. The first-order valence-electron chi connectivity index (χ1n) is 8.71. The Morgan fingerprint density at radius 1 is 1.26 bits per heavy atom. The number of carbonyl (C=O) groups is 1. The van der Waals surface area contributed by atoms with E-state index in [2.05, 4.69) is 0 Å². The lowest BCUT2D eigenvalue weighted by Crippen LogP contribution is -2.42. The number of amides is 1. The summed E-state index contributed by atoms with van der Waals surface area (Å²) >= 11 is 0. The van der Waals surface area contributed by atoms with Crippen molar-refractivity contribution in [1.82, 2.24) is 4.90 Å². The zero-order valence-electron chi connectivity index (χ0n) is 15.6. The van der Waals surface area contributed by atoms with E-state index in [4.69, 9.17) is 14.7 Å². The van der Waals surface area contributed by atoms with Crippen LogP contribution in [0.25, 0.3) is 0 Å². The smallest absolute Gasteiger partial charge is 0.416 e. The van der Waals surface area contributed by atoms with Crippen LogP contribution >= 0.6 is 0 Å². The third-order valence-electron chi connectivity index (χ3n) is 4.17. The summed E-state index contributed by atoms with van der Waals surface area (Å²) in [6.45, 7) is 6.76. The Labute approximate surface area is 156 Å². The van der Waals surface area contributed by atoms with Crippen molar-refractivity contribution in [2.45, 2.75) is 45.4 Å². The normalized spacial score (nSPS) is 16.0. The van der Waals surface area contributed by atoms with Gasteiger partial charge in [-0.25, -0.2) is 4.79 Å². The van der Waals surface area contributed by atoms with Crippen LogP contribution in [-0.4, -0.2) is 36.3 Å². The summed E-state index contributed by atoms with van der Waals surface area (Å²) in [5.74, 6) is 0.289. The standard InChI is InChI=1S/C19H23F3N2O3/c1-18(2,3)27-17(25)24-8-6-13(7-9-24)12-26-16-5-4-15(19(20,21)22)10-14(16)11-23/h4-5,10,13H,6-9,12H2,1-3H3. The molecule has 2 rings (SSSR count). The lowest BCUT2D eigenvalue weighted by molar-refractivity contribution is -0.137. The highest BCUT2D eigenvalue weighted by molar-refractivity contribution is 5.68. The Bertz CT molecular complexity index is 712. The molecule has 27 heavy (non-hydrogen) atoms. The van der Waals surface area contributed by atoms with E-state index < -0.39 is 17.3 Å². The monoisotopic (exact) mass is 384 g/mol. The highest BCUT2D eigenvalue weighted by Gasteiger charge is 2.31. The molecule has 0 aromatic heterocycles. The molecular weight excluding hydrogens is 361 g/mol. The van der Waals surface area contributed by atoms with Gasteiger partial charge in [-0.1, -0.05) is 0 Å². The molecule has 1 aromatic rings. The van der Waals surface area contributed by atoms with Crippen LogP contribution in [0.1, 0.15) is 44.7 Å². The van der Waals surface area contributed by atoms with Crippen molar-refractivity contribution in [1.29, 1.82) is 5.26 Å². The van der Waals surface area contributed by atoms with Gasteiger partial charge in [0.05, 0.1) is 17.7 Å². The number of nitriles is 1. The fourth-order valence-corrected chi connectivity index (χ4v) is 2.74. The quantitative estimate of drug-likeness (QED) is 0.764. The number of nitrogens with zero attached hydrogens (tertiary/aromatic N) is 2. The summed E-state index contributed by atoms with van der Waals surface area (Å²) in [5.41, 5.74) is -1.57. The molecule has 1 amide bonds. The maximum absolute atomic E-state index is 12.7. The van der Waals surface area contributed by atoms with Crippen molar-refractivity contribution in [2.75, 3.05) is 19.7 Å². The molecule has 1 heterocycles. The van der Waals surface area contributed by atoms with Crippen LogP contribution in [0.15, 0.2) is 18.2 Å². The molecule has 1 fully saturated rings.